The molecule has 35 nitrogen and oxygen atoms in total. The van der Waals surface area contributed by atoms with Gasteiger partial charge in [-0.1, -0.05) is 248 Å². The molecule has 24 N–H and O–H groups in total. The van der Waals surface area contributed by atoms with Crippen LogP contribution >= 0.6 is 0 Å². The van der Waals surface area contributed by atoms with E-state index in [-0.39, 0.29) is 171 Å². The van der Waals surface area contributed by atoms with Crippen molar-refractivity contribution in [3.05, 3.63) is 336 Å². The topological polar surface area (TPSA) is 587 Å². The van der Waals surface area contributed by atoms with Gasteiger partial charge in [0.25, 0.3) is 0 Å². The molecule has 8 unspecified atom stereocenters. The number of para-hydroxylation sites is 2. The second kappa shape index (κ2) is 93.0. The number of aryl methyl sites for hydroxylation is 2. The van der Waals surface area contributed by atoms with E-state index in [1.807, 2.05) is 289 Å². The van der Waals surface area contributed by atoms with E-state index >= 15 is 0 Å². The predicted octanol–water partition coefficient (Wildman–Crippen LogP) is 4.42. The Morgan fingerprint density at radius 3 is 0.938 bits per heavy atom. The molecule has 0 spiro atoms. The molecule has 0 fully saturated rings. The Bertz CT molecular complexity index is 4310. The molecule has 8 atom stereocenters. The number of hydrogen-bond acceptors (Lipinski definition) is 35. The highest BCUT2D eigenvalue weighted by molar-refractivity contribution is 5.29. The molecule has 35 heteroatoms. The monoisotopic (exact) mass is 2030 g/mol. The molecular formula is C109H160O35. The van der Waals surface area contributed by atoms with E-state index < -0.39 is 73.2 Å². The zero-order chi connectivity index (χ0) is 107. The van der Waals surface area contributed by atoms with Crippen LogP contribution in [0.25, 0.3) is 0 Å². The van der Waals surface area contributed by atoms with Gasteiger partial charge in [0.15, 0.2) is 0 Å². The summed E-state index contributed by atoms with van der Waals surface area (Å²) in [4.78, 5) is 0. The Labute approximate surface area is 846 Å². The van der Waals surface area contributed by atoms with Crippen molar-refractivity contribution in [2.75, 3.05) is 172 Å². The summed E-state index contributed by atoms with van der Waals surface area (Å²) < 4.78 is 57.3. The average molecular weight is 2030 g/mol. The summed E-state index contributed by atoms with van der Waals surface area (Å²) in [6.45, 7) is 6.70. The Balaban J connectivity index is 0.00000156. The third kappa shape index (κ3) is 75.0. The highest BCUT2D eigenvalue weighted by Crippen LogP contribution is 2.20. The molecule has 144 heavy (non-hydrogen) atoms. The van der Waals surface area contributed by atoms with Gasteiger partial charge in [-0.05, 0) is 134 Å². The van der Waals surface area contributed by atoms with Crippen LogP contribution in [0.5, 0.6) is 23.0 Å². The van der Waals surface area contributed by atoms with E-state index in [9.17, 15) is 0 Å². The maximum absolute atomic E-state index is 9.10. The number of hydrogen-bond donors (Lipinski definition) is 24. The van der Waals surface area contributed by atoms with Gasteiger partial charge in [-0.15, -0.1) is 0 Å². The molecule has 0 amide bonds. The van der Waals surface area contributed by atoms with Crippen molar-refractivity contribution in [2.45, 2.75) is 146 Å². The third-order valence-corrected chi connectivity index (χ3v) is 18.8. The molecule has 10 rings (SSSR count). The molecule has 0 aliphatic heterocycles. The van der Waals surface area contributed by atoms with E-state index in [4.69, 9.17) is 175 Å². The highest BCUT2D eigenvalue weighted by Gasteiger charge is 2.16. The number of benzene rings is 10. The van der Waals surface area contributed by atoms with Crippen LogP contribution in [0.2, 0.25) is 0 Å². The molecule has 0 heterocycles. The molecular weight excluding hydrogens is 1870 g/mol. The average Bonchev–Trinajstić information content (AvgIpc) is 0.913. The smallest absolute Gasteiger partial charge is 0.145 e. The summed E-state index contributed by atoms with van der Waals surface area (Å²) in [6.07, 6.45) is -5.53. The molecule has 0 aliphatic carbocycles. The molecule has 806 valence electrons. The first-order valence-corrected chi connectivity index (χ1v) is 47.2. The van der Waals surface area contributed by atoms with Crippen molar-refractivity contribution < 1.29 is 175 Å². The first kappa shape index (κ1) is 134. The van der Waals surface area contributed by atoms with Crippen molar-refractivity contribution in [1.82, 2.24) is 0 Å². The summed E-state index contributed by atoms with van der Waals surface area (Å²) in [5.41, 5.74) is 9.00. The maximum atomic E-state index is 9.10. The summed E-state index contributed by atoms with van der Waals surface area (Å²) in [6, 6.07) is 92.3. The van der Waals surface area contributed by atoms with E-state index in [1.54, 1.807) is 30.3 Å². The van der Waals surface area contributed by atoms with Gasteiger partial charge in [-0.3, -0.25) is 0 Å². The third-order valence-electron chi connectivity index (χ3n) is 18.8. The summed E-state index contributed by atoms with van der Waals surface area (Å²) in [5, 5.41) is 209. The minimum absolute atomic E-state index is 0.0342. The first-order chi connectivity index (χ1) is 69.8. The van der Waals surface area contributed by atoms with E-state index in [0.717, 1.165) is 47.1 Å². The fraction of sp³-hybridized carbons (Fsp3) is 0.450. The van der Waals surface area contributed by atoms with Crippen LogP contribution < -0.4 is 18.9 Å². The standard InChI is InChI=1S/C12H18O3.3C11H16O3.4C10H14O3.2C9H12O3.C6H14O5/c1-10(15-9-12(14)8-13)7-11-5-3-2-4-6-11;1-9(14-11(7-12)8-13)10-5-3-2-4-6-10;12-8-11(13)9-14-7-6-10-4-2-1-3-5-10;12-8-11(9-13)14-7-6-10-4-2-1-3-5-10;1-8-2-4-9(5-3-8)13-10(6-11)7-12;1-8-3-2-4-9(5-8)13-10(6-11)7-12;11-6-10(7-12)13-8-9-4-2-1-3-5-9;11-6-10(12)8-13-7-9-4-2-1-3-5-9;10-6-8(11)7-12-9-4-2-1-3-5-9;10-6-9(7-11)12-8-4-2-1-3-5-8;7-1-5(9)3-11-4-6(10)2-8/h2-6,10,12-14H,7-9H2,1H3;2-6,9,11-13H,7-8H2,1H3;2*1-5,11-13H,6-9H2;2*2-5,10-12H,6-7H2,1H3;2*1-5,10-12H,6-8H2;1-5,8,10-11H,6-7H2;1-5,9-11H,6-7H2;5-10H,1-4H2. The Hall–Kier alpha value is -9.84. The quantitative estimate of drug-likeness (QED) is 0.0235. The van der Waals surface area contributed by atoms with Gasteiger partial charge in [0.1, 0.15) is 103 Å². The number of ether oxygens (including phenoxy) is 11. The van der Waals surface area contributed by atoms with Crippen molar-refractivity contribution in [2.24, 2.45) is 0 Å². The van der Waals surface area contributed by atoms with Crippen LogP contribution in [0.15, 0.2) is 291 Å². The van der Waals surface area contributed by atoms with Gasteiger partial charge >= 0.3 is 0 Å². The van der Waals surface area contributed by atoms with Crippen molar-refractivity contribution in [1.29, 1.82) is 0 Å². The normalized spacial score (nSPS) is 12.3. The van der Waals surface area contributed by atoms with Gasteiger partial charge in [0, 0.05) is 0 Å². The molecule has 0 radical (unpaired) electrons. The minimum atomic E-state index is -0.916. The van der Waals surface area contributed by atoms with E-state index in [1.165, 1.54) is 16.7 Å². The number of aliphatic hydroxyl groups is 24. The minimum Gasteiger partial charge on any atom is -0.491 e. The van der Waals surface area contributed by atoms with Crippen LogP contribution in [0.3, 0.4) is 0 Å². The van der Waals surface area contributed by atoms with Crippen LogP contribution in [0, 0.1) is 13.8 Å². The van der Waals surface area contributed by atoms with Crippen LogP contribution in [0.1, 0.15) is 64.5 Å². The van der Waals surface area contributed by atoms with E-state index in [0.29, 0.717) is 49.4 Å². The fourth-order valence-corrected chi connectivity index (χ4v) is 10.7. The number of aliphatic hydroxyl groups excluding tert-OH is 24. The van der Waals surface area contributed by atoms with Crippen LogP contribution in [0.4, 0.5) is 0 Å². The van der Waals surface area contributed by atoms with Gasteiger partial charge in [0.05, 0.1) is 191 Å². The summed E-state index contributed by atoms with van der Waals surface area (Å²) in [5.74, 6) is 2.70. The zero-order valence-electron chi connectivity index (χ0n) is 82.9. The second-order valence-electron chi connectivity index (χ2n) is 31.6. The lowest BCUT2D eigenvalue weighted by Gasteiger charge is -2.19. The molecule has 0 saturated carbocycles. The second-order valence-corrected chi connectivity index (χ2v) is 31.6. The maximum Gasteiger partial charge on any atom is 0.145 e. The molecule has 0 aliphatic rings. The Morgan fingerprint density at radius 1 is 0.229 bits per heavy atom. The van der Waals surface area contributed by atoms with Crippen molar-refractivity contribution in [3.8, 4) is 23.0 Å². The Kier molecular flexibility index (Phi) is 86.6. The fourth-order valence-electron chi connectivity index (χ4n) is 10.7. The molecule has 0 aromatic heterocycles. The first-order valence-electron chi connectivity index (χ1n) is 47.2. The lowest BCUT2D eigenvalue weighted by Crippen LogP contribution is -2.25. The van der Waals surface area contributed by atoms with Gasteiger partial charge in [-0.25, -0.2) is 0 Å². The summed E-state index contributed by atoms with van der Waals surface area (Å²) in [7, 11) is 0. The van der Waals surface area contributed by atoms with Gasteiger partial charge in [0.2, 0.25) is 0 Å². The molecule has 10 aromatic rings. The van der Waals surface area contributed by atoms with Gasteiger partial charge in [-0.2, -0.15) is 0 Å². The molecule has 10 aromatic carbocycles. The van der Waals surface area contributed by atoms with Crippen molar-refractivity contribution in [3.63, 3.8) is 0 Å². The Morgan fingerprint density at radius 2 is 0.542 bits per heavy atom. The van der Waals surface area contributed by atoms with Crippen LogP contribution in [-0.4, -0.2) is 374 Å². The summed E-state index contributed by atoms with van der Waals surface area (Å²) >= 11 is 0. The zero-order valence-corrected chi connectivity index (χ0v) is 82.9. The largest absolute Gasteiger partial charge is 0.491 e. The lowest BCUT2D eigenvalue weighted by molar-refractivity contribution is -0.0576. The molecule has 0 saturated heterocycles. The SMILES string of the molecule is CC(Cc1ccccc1)OCC(O)CO.CC(OC(CO)CO)c1ccccc1.Cc1ccc(OC(CO)CO)cc1.Cc1cccc(OC(CO)CO)c1.OCC(CO)OCCc1ccccc1.OCC(CO)OCc1ccccc1.OCC(CO)Oc1ccccc1.OCC(O)COCC(O)CO.OCC(O)COCCc1ccccc1.OCC(O)COCc1ccccc1.OCC(O)COc1ccccc1. The number of rotatable bonds is 55. The molecule has 0 bridgehead atoms. The van der Waals surface area contributed by atoms with Crippen molar-refractivity contribution >= 4 is 0 Å². The van der Waals surface area contributed by atoms with Crippen LogP contribution in [-0.2, 0) is 65.6 Å². The predicted molar refractivity (Wildman–Crippen MR) is 546 cm³/mol. The van der Waals surface area contributed by atoms with Gasteiger partial charge < -0.3 is 175 Å². The highest BCUT2D eigenvalue weighted by atomic mass is 16.5. The van der Waals surface area contributed by atoms with E-state index in [2.05, 4.69) is 0 Å². The lowest BCUT2D eigenvalue weighted by atomic mass is 10.1.